The highest BCUT2D eigenvalue weighted by atomic mass is 35.5. The van der Waals surface area contributed by atoms with Crippen molar-refractivity contribution in [2.45, 2.75) is 12.5 Å². The van der Waals surface area contributed by atoms with Gasteiger partial charge in [-0.05, 0) is 23.6 Å². The summed E-state index contributed by atoms with van der Waals surface area (Å²) in [5, 5.41) is 12.5. The third-order valence-corrected chi connectivity index (χ3v) is 4.30. The van der Waals surface area contributed by atoms with Gasteiger partial charge in [0.25, 0.3) is 0 Å². The molecular formula is C15H12ClNOS. The maximum Gasteiger partial charge on any atom is 0.101 e. The normalized spacial score (nSPS) is 12.7. The van der Waals surface area contributed by atoms with Gasteiger partial charge in [-0.25, -0.2) is 0 Å². The van der Waals surface area contributed by atoms with Crippen LogP contribution in [-0.4, -0.2) is 10.1 Å². The van der Waals surface area contributed by atoms with Crippen molar-refractivity contribution in [3.8, 4) is 0 Å². The number of thiophene rings is 1. The number of nitrogens with zero attached hydrogens (tertiary/aromatic N) is 1. The molecule has 19 heavy (non-hydrogen) atoms. The molecule has 4 heteroatoms. The Labute approximate surface area is 120 Å². The second-order valence-electron chi connectivity index (χ2n) is 4.34. The van der Waals surface area contributed by atoms with E-state index in [0.29, 0.717) is 6.42 Å². The van der Waals surface area contributed by atoms with Crippen LogP contribution in [0.15, 0.2) is 48.7 Å². The van der Waals surface area contributed by atoms with Gasteiger partial charge in [-0.15, -0.1) is 11.3 Å². The second-order valence-corrected chi connectivity index (χ2v) is 6.14. The smallest absolute Gasteiger partial charge is 0.101 e. The molecule has 96 valence electrons. The van der Waals surface area contributed by atoms with E-state index in [-0.39, 0.29) is 0 Å². The van der Waals surface area contributed by atoms with E-state index in [1.807, 2.05) is 42.5 Å². The second kappa shape index (κ2) is 5.29. The Hall–Kier alpha value is -1.42. The molecule has 1 atom stereocenters. The van der Waals surface area contributed by atoms with Gasteiger partial charge < -0.3 is 5.11 Å². The summed E-state index contributed by atoms with van der Waals surface area (Å²) in [6, 6.07) is 13.7. The molecule has 0 saturated carbocycles. The molecular weight excluding hydrogens is 278 g/mol. The van der Waals surface area contributed by atoms with E-state index in [9.17, 15) is 5.11 Å². The van der Waals surface area contributed by atoms with E-state index in [1.54, 1.807) is 6.20 Å². The maximum atomic E-state index is 10.4. The molecule has 0 aliphatic carbocycles. The summed E-state index contributed by atoms with van der Waals surface area (Å²) >= 11 is 7.40. The summed E-state index contributed by atoms with van der Waals surface area (Å²) in [7, 11) is 0. The molecule has 0 amide bonds. The SMILES string of the molecule is OC(Cc1ccc(Cl)s1)c1nccc2ccccc12. The molecule has 0 saturated heterocycles. The molecule has 3 aromatic rings. The predicted octanol–water partition coefficient (Wildman–Crippen LogP) is 4.23. The van der Waals surface area contributed by atoms with Gasteiger partial charge in [0.05, 0.1) is 10.0 Å². The number of hydrogen-bond donors (Lipinski definition) is 1. The van der Waals surface area contributed by atoms with E-state index in [1.165, 1.54) is 11.3 Å². The predicted molar refractivity (Wildman–Crippen MR) is 79.7 cm³/mol. The van der Waals surface area contributed by atoms with Crippen LogP contribution in [-0.2, 0) is 6.42 Å². The molecule has 0 radical (unpaired) electrons. The fourth-order valence-corrected chi connectivity index (χ4v) is 3.28. The average molecular weight is 290 g/mol. The quantitative estimate of drug-likeness (QED) is 0.783. The van der Waals surface area contributed by atoms with Gasteiger partial charge >= 0.3 is 0 Å². The van der Waals surface area contributed by atoms with Gasteiger partial charge in [-0.2, -0.15) is 0 Å². The summed E-state index contributed by atoms with van der Waals surface area (Å²) in [6.45, 7) is 0. The summed E-state index contributed by atoms with van der Waals surface area (Å²) in [5.74, 6) is 0. The minimum Gasteiger partial charge on any atom is -0.386 e. The highest BCUT2D eigenvalue weighted by Gasteiger charge is 2.14. The van der Waals surface area contributed by atoms with Crippen LogP contribution in [0.25, 0.3) is 10.8 Å². The lowest BCUT2D eigenvalue weighted by Gasteiger charge is -2.11. The number of hydrogen-bond acceptors (Lipinski definition) is 3. The summed E-state index contributed by atoms with van der Waals surface area (Å²) in [5.41, 5.74) is 0.725. The number of benzene rings is 1. The number of halogens is 1. The lowest BCUT2D eigenvalue weighted by atomic mass is 10.0. The zero-order valence-corrected chi connectivity index (χ0v) is 11.7. The number of rotatable bonds is 3. The van der Waals surface area contributed by atoms with Crippen LogP contribution < -0.4 is 0 Å². The first-order valence-electron chi connectivity index (χ1n) is 6.00. The maximum absolute atomic E-state index is 10.4. The Morgan fingerprint density at radius 3 is 2.79 bits per heavy atom. The summed E-state index contributed by atoms with van der Waals surface area (Å²) in [4.78, 5) is 5.39. The Bertz CT molecular complexity index is 705. The van der Waals surface area contributed by atoms with Gasteiger partial charge in [0.15, 0.2) is 0 Å². The van der Waals surface area contributed by atoms with Crippen molar-refractivity contribution in [1.82, 2.24) is 4.98 Å². The Morgan fingerprint density at radius 2 is 2.00 bits per heavy atom. The number of fused-ring (bicyclic) bond motifs is 1. The first-order valence-corrected chi connectivity index (χ1v) is 7.19. The minimum atomic E-state index is -0.610. The van der Waals surface area contributed by atoms with Crippen molar-refractivity contribution in [3.05, 3.63) is 63.6 Å². The first kappa shape index (κ1) is 12.6. The van der Waals surface area contributed by atoms with E-state index in [0.717, 1.165) is 25.7 Å². The number of aliphatic hydroxyl groups is 1. The van der Waals surface area contributed by atoms with Crippen molar-refractivity contribution < 1.29 is 5.11 Å². The van der Waals surface area contributed by atoms with Crippen LogP contribution >= 0.6 is 22.9 Å². The van der Waals surface area contributed by atoms with Gasteiger partial charge in [-0.1, -0.05) is 35.9 Å². The zero-order valence-electron chi connectivity index (χ0n) is 10.1. The van der Waals surface area contributed by atoms with Crippen molar-refractivity contribution in [2.24, 2.45) is 0 Å². The first-order chi connectivity index (χ1) is 9.24. The van der Waals surface area contributed by atoms with E-state index in [4.69, 9.17) is 11.6 Å². The highest BCUT2D eigenvalue weighted by Crippen LogP contribution is 2.28. The standard InChI is InChI=1S/C15H12ClNOS/c16-14-6-5-11(19-14)9-13(18)15-12-4-2-1-3-10(12)7-8-17-15/h1-8,13,18H,9H2. The van der Waals surface area contributed by atoms with E-state index >= 15 is 0 Å². The third-order valence-electron chi connectivity index (χ3n) is 3.04. The molecule has 3 rings (SSSR count). The van der Waals surface area contributed by atoms with Crippen molar-refractivity contribution in [3.63, 3.8) is 0 Å². The van der Waals surface area contributed by atoms with Crippen molar-refractivity contribution >= 4 is 33.7 Å². The molecule has 0 fully saturated rings. The largest absolute Gasteiger partial charge is 0.386 e. The van der Waals surface area contributed by atoms with Crippen LogP contribution in [0.5, 0.6) is 0 Å². The number of aromatic nitrogens is 1. The van der Waals surface area contributed by atoms with Gasteiger partial charge in [-0.3, -0.25) is 4.98 Å². The van der Waals surface area contributed by atoms with Gasteiger partial charge in [0.1, 0.15) is 6.10 Å². The fraction of sp³-hybridized carbons (Fsp3) is 0.133. The van der Waals surface area contributed by atoms with Crippen LogP contribution in [0.4, 0.5) is 0 Å². The van der Waals surface area contributed by atoms with Gasteiger partial charge in [0, 0.05) is 22.9 Å². The van der Waals surface area contributed by atoms with Crippen LogP contribution in [0.1, 0.15) is 16.7 Å². The van der Waals surface area contributed by atoms with Crippen molar-refractivity contribution in [1.29, 1.82) is 0 Å². The molecule has 2 nitrogen and oxygen atoms in total. The highest BCUT2D eigenvalue weighted by molar-refractivity contribution is 7.16. The molecule has 0 aliphatic rings. The molecule has 2 aromatic heterocycles. The number of aliphatic hydroxyl groups excluding tert-OH is 1. The monoisotopic (exact) mass is 289 g/mol. The molecule has 1 N–H and O–H groups in total. The molecule has 0 aliphatic heterocycles. The average Bonchev–Trinajstić information content (AvgIpc) is 2.83. The lowest BCUT2D eigenvalue weighted by Crippen LogP contribution is -2.03. The van der Waals surface area contributed by atoms with E-state index < -0.39 is 6.10 Å². The molecule has 2 heterocycles. The Kier molecular flexibility index (Phi) is 3.51. The topological polar surface area (TPSA) is 33.1 Å². The van der Waals surface area contributed by atoms with Gasteiger partial charge in [0.2, 0.25) is 0 Å². The molecule has 0 spiro atoms. The van der Waals surface area contributed by atoms with E-state index in [2.05, 4.69) is 4.98 Å². The minimum absolute atomic E-state index is 0.540. The van der Waals surface area contributed by atoms with Crippen LogP contribution in [0.2, 0.25) is 4.34 Å². The zero-order chi connectivity index (χ0) is 13.2. The Balaban J connectivity index is 1.95. The number of pyridine rings is 1. The van der Waals surface area contributed by atoms with Crippen LogP contribution in [0.3, 0.4) is 0 Å². The molecule has 1 aromatic carbocycles. The van der Waals surface area contributed by atoms with Crippen LogP contribution in [0, 0.1) is 0 Å². The summed E-state index contributed by atoms with van der Waals surface area (Å²) in [6.07, 6.45) is 1.67. The molecule has 1 unspecified atom stereocenters. The third kappa shape index (κ3) is 2.63. The lowest BCUT2D eigenvalue weighted by molar-refractivity contribution is 0.176. The Morgan fingerprint density at radius 1 is 1.16 bits per heavy atom. The van der Waals surface area contributed by atoms with Crippen molar-refractivity contribution in [2.75, 3.05) is 0 Å². The summed E-state index contributed by atoms with van der Waals surface area (Å²) < 4.78 is 0.744. The fourth-order valence-electron chi connectivity index (χ4n) is 2.16. The molecule has 0 bridgehead atoms.